The van der Waals surface area contributed by atoms with E-state index in [4.69, 9.17) is 9.84 Å². The van der Waals surface area contributed by atoms with Crippen molar-refractivity contribution in [1.29, 1.82) is 0 Å². The van der Waals surface area contributed by atoms with Gasteiger partial charge in [0.25, 0.3) is 0 Å². The summed E-state index contributed by atoms with van der Waals surface area (Å²) in [5.41, 5.74) is 0. The van der Waals surface area contributed by atoms with Gasteiger partial charge in [-0.15, -0.1) is 0 Å². The highest BCUT2D eigenvalue weighted by Crippen LogP contribution is 2.24. The molecule has 1 aliphatic rings. The molecule has 0 unspecified atom stereocenters. The third-order valence-electron chi connectivity index (χ3n) is 3.97. The number of aliphatic carboxylic acids is 1. The Hall–Kier alpha value is -2.18. The number of rotatable bonds is 6. The summed E-state index contributed by atoms with van der Waals surface area (Å²) in [6, 6.07) is 3.03. The second kappa shape index (κ2) is 7.39. The largest absolute Gasteiger partial charge is 0.491 e. The average molecular weight is 327 g/mol. The van der Waals surface area contributed by atoms with E-state index in [0.717, 1.165) is 12.1 Å². The van der Waals surface area contributed by atoms with Crippen LogP contribution in [0.5, 0.6) is 5.75 Å². The Morgan fingerprint density at radius 1 is 1.35 bits per heavy atom. The van der Waals surface area contributed by atoms with Crippen LogP contribution in [0.2, 0.25) is 0 Å². The van der Waals surface area contributed by atoms with Gasteiger partial charge in [0.1, 0.15) is 5.82 Å². The zero-order chi connectivity index (χ0) is 17.0. The van der Waals surface area contributed by atoms with Crippen LogP contribution < -0.4 is 4.74 Å². The maximum atomic E-state index is 13.3. The summed E-state index contributed by atoms with van der Waals surface area (Å²) >= 11 is 0. The molecule has 1 heterocycles. The number of ether oxygens (including phenoxy) is 1. The Balaban J connectivity index is 1.74. The van der Waals surface area contributed by atoms with Crippen LogP contribution in [-0.2, 0) is 9.59 Å². The SMILES string of the molecule is C[C@@H]1CN(C(=O)CCCOc2ccc(F)cc2F)C[C@H]1C(=O)O. The van der Waals surface area contributed by atoms with Gasteiger partial charge < -0.3 is 14.7 Å². The minimum Gasteiger partial charge on any atom is -0.491 e. The van der Waals surface area contributed by atoms with E-state index in [1.165, 1.54) is 6.07 Å². The molecule has 2 atom stereocenters. The third kappa shape index (κ3) is 4.40. The minimum absolute atomic E-state index is 0.0559. The molecule has 1 saturated heterocycles. The van der Waals surface area contributed by atoms with Crippen LogP contribution in [0.3, 0.4) is 0 Å². The molecular formula is C16H19F2NO4. The van der Waals surface area contributed by atoms with E-state index in [1.54, 1.807) is 4.90 Å². The highest BCUT2D eigenvalue weighted by atomic mass is 19.1. The van der Waals surface area contributed by atoms with Gasteiger partial charge in [-0.1, -0.05) is 6.92 Å². The number of hydrogen-bond donors (Lipinski definition) is 1. The number of carbonyl (C=O) groups excluding carboxylic acids is 1. The molecule has 0 radical (unpaired) electrons. The van der Waals surface area contributed by atoms with E-state index in [2.05, 4.69) is 0 Å². The Morgan fingerprint density at radius 2 is 2.09 bits per heavy atom. The monoisotopic (exact) mass is 327 g/mol. The number of amides is 1. The number of nitrogens with zero attached hydrogens (tertiary/aromatic N) is 1. The van der Waals surface area contributed by atoms with Crippen LogP contribution in [0.15, 0.2) is 18.2 Å². The molecule has 23 heavy (non-hydrogen) atoms. The van der Waals surface area contributed by atoms with Crippen molar-refractivity contribution >= 4 is 11.9 Å². The van der Waals surface area contributed by atoms with Crippen LogP contribution in [0.4, 0.5) is 8.78 Å². The molecule has 5 nitrogen and oxygen atoms in total. The Labute approximate surface area is 132 Å². The second-order valence-electron chi connectivity index (χ2n) is 5.75. The zero-order valence-electron chi connectivity index (χ0n) is 12.8. The molecule has 1 aromatic rings. The fraction of sp³-hybridized carbons (Fsp3) is 0.500. The van der Waals surface area contributed by atoms with Crippen molar-refractivity contribution < 1.29 is 28.2 Å². The van der Waals surface area contributed by atoms with Crippen molar-refractivity contribution in [2.45, 2.75) is 19.8 Å². The molecule has 1 fully saturated rings. The molecule has 1 amide bonds. The first kappa shape index (κ1) is 17.2. The summed E-state index contributed by atoms with van der Waals surface area (Å²) in [5.74, 6) is -3.13. The lowest BCUT2D eigenvalue weighted by molar-refractivity contribution is -0.142. The van der Waals surface area contributed by atoms with Crippen molar-refractivity contribution in [3.8, 4) is 5.75 Å². The number of likely N-dealkylation sites (tertiary alicyclic amines) is 1. The quantitative estimate of drug-likeness (QED) is 0.814. The Morgan fingerprint density at radius 3 is 2.70 bits per heavy atom. The number of carbonyl (C=O) groups is 2. The maximum absolute atomic E-state index is 13.3. The predicted molar refractivity (Wildman–Crippen MR) is 78.0 cm³/mol. The Bertz CT molecular complexity index is 593. The van der Waals surface area contributed by atoms with Gasteiger partial charge in [0.05, 0.1) is 12.5 Å². The first-order chi connectivity index (χ1) is 10.9. The van der Waals surface area contributed by atoms with E-state index in [9.17, 15) is 18.4 Å². The molecular weight excluding hydrogens is 308 g/mol. The highest BCUT2D eigenvalue weighted by Gasteiger charge is 2.36. The fourth-order valence-electron chi connectivity index (χ4n) is 2.65. The van der Waals surface area contributed by atoms with E-state index in [0.29, 0.717) is 13.0 Å². The number of carboxylic acids is 1. The molecule has 0 aromatic heterocycles. The van der Waals surface area contributed by atoms with Crippen molar-refractivity contribution in [2.24, 2.45) is 11.8 Å². The third-order valence-corrected chi connectivity index (χ3v) is 3.97. The van der Waals surface area contributed by atoms with Crippen LogP contribution in [0, 0.1) is 23.5 Å². The Kier molecular flexibility index (Phi) is 5.52. The highest BCUT2D eigenvalue weighted by molar-refractivity contribution is 5.78. The lowest BCUT2D eigenvalue weighted by Crippen LogP contribution is -2.30. The van der Waals surface area contributed by atoms with E-state index in [-0.39, 0.29) is 37.1 Å². The first-order valence-electron chi connectivity index (χ1n) is 7.47. The second-order valence-corrected chi connectivity index (χ2v) is 5.75. The molecule has 1 aliphatic heterocycles. The standard InChI is InChI=1S/C16H19F2NO4/c1-10-8-19(9-12(10)16(21)22)15(20)3-2-6-23-14-5-4-11(17)7-13(14)18/h4-5,7,10,12H,2-3,6,8-9H2,1H3,(H,21,22)/t10-,12-/m1/s1. The molecule has 0 aliphatic carbocycles. The number of hydrogen-bond acceptors (Lipinski definition) is 3. The average Bonchev–Trinajstić information content (AvgIpc) is 2.87. The topological polar surface area (TPSA) is 66.8 Å². The summed E-state index contributed by atoms with van der Waals surface area (Å²) in [4.78, 5) is 24.6. The summed E-state index contributed by atoms with van der Waals surface area (Å²) < 4.78 is 31.3. The molecule has 1 N–H and O–H groups in total. The van der Waals surface area contributed by atoms with Crippen molar-refractivity contribution in [1.82, 2.24) is 4.90 Å². The number of carboxylic acid groups (broad SMARTS) is 1. The van der Waals surface area contributed by atoms with Crippen LogP contribution in [0.25, 0.3) is 0 Å². The molecule has 0 saturated carbocycles. The van der Waals surface area contributed by atoms with Gasteiger partial charge in [0, 0.05) is 25.6 Å². The summed E-state index contributed by atoms with van der Waals surface area (Å²) in [7, 11) is 0. The summed E-state index contributed by atoms with van der Waals surface area (Å²) in [5, 5.41) is 9.05. The van der Waals surface area contributed by atoms with Gasteiger partial charge in [-0.3, -0.25) is 9.59 Å². The van der Waals surface area contributed by atoms with Gasteiger partial charge in [0.2, 0.25) is 5.91 Å². The smallest absolute Gasteiger partial charge is 0.308 e. The first-order valence-corrected chi connectivity index (χ1v) is 7.47. The molecule has 1 aromatic carbocycles. The van der Waals surface area contributed by atoms with Gasteiger partial charge >= 0.3 is 5.97 Å². The number of benzene rings is 1. The van der Waals surface area contributed by atoms with Crippen molar-refractivity contribution in [3.63, 3.8) is 0 Å². The molecule has 2 rings (SSSR count). The van der Waals surface area contributed by atoms with E-state index >= 15 is 0 Å². The zero-order valence-corrected chi connectivity index (χ0v) is 12.8. The fourth-order valence-corrected chi connectivity index (χ4v) is 2.65. The van der Waals surface area contributed by atoms with E-state index < -0.39 is 23.5 Å². The number of halogens is 2. The van der Waals surface area contributed by atoms with Gasteiger partial charge in [-0.2, -0.15) is 0 Å². The molecule has 126 valence electrons. The molecule has 0 spiro atoms. The van der Waals surface area contributed by atoms with Crippen LogP contribution >= 0.6 is 0 Å². The maximum Gasteiger partial charge on any atom is 0.308 e. The lowest BCUT2D eigenvalue weighted by Gasteiger charge is -2.16. The van der Waals surface area contributed by atoms with Crippen molar-refractivity contribution in [2.75, 3.05) is 19.7 Å². The minimum atomic E-state index is -0.886. The van der Waals surface area contributed by atoms with Crippen molar-refractivity contribution in [3.05, 3.63) is 29.8 Å². The van der Waals surface area contributed by atoms with Gasteiger partial charge in [-0.25, -0.2) is 8.78 Å². The normalized spacial score (nSPS) is 20.6. The predicted octanol–water partition coefficient (Wildman–Crippen LogP) is 2.30. The van der Waals surface area contributed by atoms with E-state index in [1.807, 2.05) is 6.92 Å². The summed E-state index contributed by atoms with van der Waals surface area (Å²) in [6.07, 6.45) is 0.570. The van der Waals surface area contributed by atoms with Gasteiger partial charge in [0.15, 0.2) is 11.6 Å². The molecule has 0 bridgehead atoms. The lowest BCUT2D eigenvalue weighted by atomic mass is 9.99. The summed E-state index contributed by atoms with van der Waals surface area (Å²) in [6.45, 7) is 2.60. The molecule has 7 heteroatoms. The van der Waals surface area contributed by atoms with Crippen LogP contribution in [-0.4, -0.2) is 41.6 Å². The van der Waals surface area contributed by atoms with Gasteiger partial charge in [-0.05, 0) is 24.5 Å². The van der Waals surface area contributed by atoms with Crippen LogP contribution in [0.1, 0.15) is 19.8 Å².